The molecule has 0 radical (unpaired) electrons. The first-order valence-corrected chi connectivity index (χ1v) is 21.4. The molecule has 2 aliphatic rings. The van der Waals surface area contributed by atoms with Gasteiger partial charge in [-0.15, -0.1) is 0 Å². The Hall–Kier alpha value is -6.64. The topological polar surface area (TPSA) is 153 Å². The van der Waals surface area contributed by atoms with Crippen molar-refractivity contribution in [2.75, 3.05) is 0 Å². The maximum atomic E-state index is 11.0. The first-order chi connectivity index (χ1) is 29.3. The Morgan fingerprint density at radius 1 is 0.333 bits per heavy atom. The van der Waals surface area contributed by atoms with Crippen molar-refractivity contribution in [2.24, 2.45) is 0 Å². The molecule has 0 fully saturated rings. The van der Waals surface area contributed by atoms with Crippen LogP contribution in [0.15, 0.2) is 139 Å². The monoisotopic (exact) mass is 1030 g/mol. The zero-order valence-corrected chi connectivity index (χ0v) is 37.1. The average molecular weight is 1030 g/mol. The van der Waals surface area contributed by atoms with Crippen LogP contribution in [0.5, 0.6) is 0 Å². The average Bonchev–Trinajstić information content (AvgIpc) is 4.01. The summed E-state index contributed by atoms with van der Waals surface area (Å²) in [5, 5.41) is 44.0. The number of aromatic nitrogens is 4. The van der Waals surface area contributed by atoms with Crippen molar-refractivity contribution in [3.8, 4) is 68.8 Å². The highest BCUT2D eigenvalue weighted by Gasteiger charge is 2.33. The normalized spacial score (nSPS) is 12.1. The van der Waals surface area contributed by atoms with Gasteiger partial charge in [0.2, 0.25) is 0 Å². The number of H-pyrrole nitrogens is 2. The van der Waals surface area contributed by atoms with Crippen molar-refractivity contribution in [1.29, 1.82) is 21.0 Å². The van der Waals surface area contributed by atoms with Gasteiger partial charge in [0, 0.05) is 22.3 Å². The number of allylic oxidation sites excluding steroid dienone is 4. The van der Waals surface area contributed by atoms with Gasteiger partial charge in [-0.2, -0.15) is 21.0 Å². The molecule has 0 atom stereocenters. The van der Waals surface area contributed by atoms with Crippen molar-refractivity contribution >= 4 is 108 Å². The molecule has 0 saturated heterocycles. The number of nitrogens with one attached hydrogen (secondary N) is 2. The molecular formula is C48H22Br4N8. The molecule has 2 N–H and O–H groups in total. The Labute approximate surface area is 377 Å². The molecule has 60 heavy (non-hydrogen) atoms. The Kier molecular flexibility index (Phi) is 10.3. The number of benzene rings is 4. The largest absolute Gasteiger partial charge is 0.352 e. The number of hydrogen-bond acceptors (Lipinski definition) is 6. The van der Waals surface area contributed by atoms with Gasteiger partial charge < -0.3 is 9.97 Å². The Bertz CT molecular complexity index is 2930. The van der Waals surface area contributed by atoms with Crippen LogP contribution >= 0.6 is 63.7 Å². The molecule has 8 nitrogen and oxygen atoms in total. The summed E-state index contributed by atoms with van der Waals surface area (Å²) in [6.45, 7) is 0. The lowest BCUT2D eigenvalue weighted by atomic mass is 9.96. The minimum absolute atomic E-state index is 0.0985. The third-order valence-electron chi connectivity index (χ3n) is 10.3. The number of aromatic amines is 2. The van der Waals surface area contributed by atoms with Gasteiger partial charge in [0.05, 0.1) is 85.0 Å². The standard InChI is InChI=1S/C48H22Br4N8/c49-37-38(50)46-35(27-17-9-3-10-18-27)43-31(23-55)32(24-56)44(58-43)36(28-19-11-4-12-20-28)48-40(52)39(51)47(60-48)34(26-15-7-2-8-16-26)42-30(22-54)29(21-53)41(57-42)33(45(37)59-46)25-13-5-1-6-14-25/h1-20,59-60H. The summed E-state index contributed by atoms with van der Waals surface area (Å²) >= 11 is 15.5. The van der Waals surface area contributed by atoms with Gasteiger partial charge in [0.25, 0.3) is 0 Å². The third kappa shape index (κ3) is 6.16. The summed E-state index contributed by atoms with van der Waals surface area (Å²) in [5.74, 6) is 0. The molecular weight excluding hydrogens is 1010 g/mol. The van der Waals surface area contributed by atoms with Gasteiger partial charge in [-0.25, -0.2) is 9.97 Å². The van der Waals surface area contributed by atoms with Gasteiger partial charge in [0.1, 0.15) is 24.3 Å². The highest BCUT2D eigenvalue weighted by molar-refractivity contribution is 9.13. The van der Waals surface area contributed by atoms with Gasteiger partial charge in [-0.1, -0.05) is 121 Å². The second-order valence-corrected chi connectivity index (χ2v) is 16.7. The van der Waals surface area contributed by atoms with Crippen molar-refractivity contribution < 1.29 is 0 Å². The molecule has 3 aromatic heterocycles. The van der Waals surface area contributed by atoms with Crippen LogP contribution < -0.4 is 0 Å². The SMILES string of the molecule is N#CC1=C(C#N)c2nc1c(-c1ccccc1)c1[nH]c(c(Br)c1Br)c(-c1ccccc1)c1nc(c(-c3ccccc3)c3[nH]c(c(Br)c3Br)c2-c2ccccc2)C(C#N)=C1C#N. The summed E-state index contributed by atoms with van der Waals surface area (Å²) < 4.78 is 2.37. The van der Waals surface area contributed by atoms with E-state index in [1.807, 2.05) is 121 Å². The minimum Gasteiger partial charge on any atom is -0.352 e. The molecule has 8 bridgehead atoms. The fraction of sp³-hybridized carbons (Fsp3) is 0. The molecule has 2 aliphatic heterocycles. The Balaban J connectivity index is 1.68. The molecule has 5 heterocycles. The third-order valence-corrected chi connectivity index (χ3v) is 14.5. The zero-order chi connectivity index (χ0) is 41.7. The van der Waals surface area contributed by atoms with E-state index in [4.69, 9.17) is 9.97 Å². The second-order valence-electron chi connectivity index (χ2n) is 13.5. The molecule has 0 saturated carbocycles. The summed E-state index contributed by atoms with van der Waals surface area (Å²) in [7, 11) is 0. The van der Waals surface area contributed by atoms with Crippen molar-refractivity contribution in [3.63, 3.8) is 0 Å². The quantitative estimate of drug-likeness (QED) is 0.179. The maximum absolute atomic E-state index is 11.0. The van der Waals surface area contributed by atoms with Crippen molar-refractivity contribution in [1.82, 2.24) is 19.9 Å². The molecule has 4 aromatic carbocycles. The van der Waals surface area contributed by atoms with Crippen molar-refractivity contribution in [3.05, 3.63) is 162 Å². The molecule has 0 amide bonds. The fourth-order valence-corrected chi connectivity index (χ4v) is 9.68. The van der Waals surface area contributed by atoms with Crippen molar-refractivity contribution in [2.45, 2.75) is 0 Å². The summed E-state index contributed by atoms with van der Waals surface area (Å²) in [5.41, 5.74) is 8.78. The van der Waals surface area contributed by atoms with Crippen LogP contribution in [0.3, 0.4) is 0 Å². The molecule has 282 valence electrons. The van der Waals surface area contributed by atoms with Crippen LogP contribution in [0.1, 0.15) is 22.8 Å². The smallest absolute Gasteiger partial charge is 0.103 e. The van der Waals surface area contributed by atoms with Crippen LogP contribution in [0.2, 0.25) is 0 Å². The summed E-state index contributed by atoms with van der Waals surface area (Å²) in [6.07, 6.45) is 0. The number of rotatable bonds is 4. The molecule has 0 unspecified atom stereocenters. The number of halogens is 4. The number of fused-ring (bicyclic) bond motifs is 8. The summed E-state index contributed by atoms with van der Waals surface area (Å²) in [6, 6.07) is 47.5. The van der Waals surface area contributed by atoms with Crippen LogP contribution in [0, 0.1) is 45.3 Å². The number of nitriles is 4. The lowest BCUT2D eigenvalue weighted by molar-refractivity contribution is 1.30. The maximum Gasteiger partial charge on any atom is 0.103 e. The first-order valence-electron chi connectivity index (χ1n) is 18.2. The van der Waals surface area contributed by atoms with E-state index in [1.54, 1.807) is 0 Å². The Morgan fingerprint density at radius 3 is 0.717 bits per heavy atom. The summed E-state index contributed by atoms with van der Waals surface area (Å²) in [4.78, 5) is 17.8. The molecule has 12 heteroatoms. The van der Waals surface area contributed by atoms with E-state index in [-0.39, 0.29) is 45.1 Å². The molecule has 0 aliphatic carbocycles. The molecule has 0 spiro atoms. The fourth-order valence-electron chi connectivity index (χ4n) is 7.69. The van der Waals surface area contributed by atoms with Gasteiger partial charge in [0.15, 0.2) is 0 Å². The van der Waals surface area contributed by atoms with Gasteiger partial charge in [-0.3, -0.25) is 0 Å². The van der Waals surface area contributed by atoms with E-state index in [0.29, 0.717) is 62.2 Å². The van der Waals surface area contributed by atoms with Gasteiger partial charge >= 0.3 is 0 Å². The molecule has 7 aromatic rings. The number of hydrogen-bond donors (Lipinski definition) is 2. The van der Waals surface area contributed by atoms with Crippen LogP contribution in [0.25, 0.3) is 88.9 Å². The van der Waals surface area contributed by atoms with E-state index in [1.165, 1.54) is 0 Å². The predicted molar refractivity (Wildman–Crippen MR) is 250 cm³/mol. The van der Waals surface area contributed by atoms with Crippen LogP contribution in [0.4, 0.5) is 0 Å². The van der Waals surface area contributed by atoms with E-state index < -0.39 is 0 Å². The van der Waals surface area contributed by atoms with E-state index in [2.05, 4.69) is 98.0 Å². The second kappa shape index (κ2) is 15.8. The minimum atomic E-state index is 0.0985. The predicted octanol–water partition coefficient (Wildman–Crippen LogP) is 13.9. The van der Waals surface area contributed by atoms with Crippen LogP contribution in [-0.2, 0) is 0 Å². The lowest BCUT2D eigenvalue weighted by Crippen LogP contribution is -1.91. The van der Waals surface area contributed by atoms with E-state index >= 15 is 0 Å². The Morgan fingerprint density at radius 2 is 0.533 bits per heavy atom. The highest BCUT2D eigenvalue weighted by Crippen LogP contribution is 2.50. The van der Waals surface area contributed by atoms with Crippen LogP contribution in [-0.4, -0.2) is 19.9 Å². The number of nitrogens with zero attached hydrogens (tertiary/aromatic N) is 6. The van der Waals surface area contributed by atoms with Gasteiger partial charge in [-0.05, 0) is 86.0 Å². The van der Waals surface area contributed by atoms with E-state index in [0.717, 1.165) is 22.3 Å². The molecule has 9 rings (SSSR count). The van der Waals surface area contributed by atoms with E-state index in [9.17, 15) is 21.0 Å². The lowest BCUT2D eigenvalue weighted by Gasteiger charge is -2.07. The zero-order valence-electron chi connectivity index (χ0n) is 30.7. The first kappa shape index (κ1) is 38.9. The highest BCUT2D eigenvalue weighted by atomic mass is 79.9.